The Morgan fingerprint density at radius 3 is 2.19 bits per heavy atom. The van der Waals surface area contributed by atoms with Crippen LogP contribution in [0.15, 0.2) is 36.4 Å². The quantitative estimate of drug-likeness (QED) is 0.893. The highest BCUT2D eigenvalue weighted by atomic mass is 16.5. The van der Waals surface area contributed by atoms with Gasteiger partial charge in [-0.25, -0.2) is 4.79 Å². The highest BCUT2D eigenvalue weighted by Gasteiger charge is 2.22. The third kappa shape index (κ3) is 4.45. The zero-order chi connectivity index (χ0) is 19.4. The van der Waals surface area contributed by atoms with E-state index in [0.29, 0.717) is 30.3 Å². The number of rotatable bonds is 4. The molecule has 27 heavy (non-hydrogen) atoms. The third-order valence-electron chi connectivity index (χ3n) is 4.79. The van der Waals surface area contributed by atoms with Gasteiger partial charge in [-0.1, -0.05) is 6.07 Å². The number of carbonyl (C=O) groups is 1. The Labute approximate surface area is 160 Å². The van der Waals surface area contributed by atoms with Crippen LogP contribution in [0.5, 0.6) is 11.5 Å². The molecule has 2 aromatic carbocycles. The maximum atomic E-state index is 12.7. The molecule has 0 saturated carbocycles. The van der Waals surface area contributed by atoms with Crippen molar-refractivity contribution >= 4 is 17.4 Å². The van der Waals surface area contributed by atoms with Gasteiger partial charge in [0.25, 0.3) is 0 Å². The van der Waals surface area contributed by atoms with Gasteiger partial charge in [0.15, 0.2) is 0 Å². The van der Waals surface area contributed by atoms with Gasteiger partial charge in [-0.15, -0.1) is 0 Å². The molecule has 3 rings (SSSR count). The maximum absolute atomic E-state index is 12.7. The van der Waals surface area contributed by atoms with Crippen LogP contribution >= 0.6 is 0 Å². The van der Waals surface area contributed by atoms with Gasteiger partial charge in [-0.05, 0) is 49.2 Å². The number of methoxy groups -OCH3 is 2. The zero-order valence-corrected chi connectivity index (χ0v) is 16.4. The smallest absolute Gasteiger partial charge is 0.322 e. The summed E-state index contributed by atoms with van der Waals surface area (Å²) < 4.78 is 10.6. The first-order valence-corrected chi connectivity index (χ1v) is 9.11. The molecular weight excluding hydrogens is 342 g/mol. The fraction of sp³-hybridized carbons (Fsp3) is 0.381. The molecule has 1 N–H and O–H groups in total. The minimum Gasteiger partial charge on any atom is -0.497 e. The number of hydrogen-bond donors (Lipinski definition) is 1. The summed E-state index contributed by atoms with van der Waals surface area (Å²) in [5.41, 5.74) is 4.35. The highest BCUT2D eigenvalue weighted by Crippen LogP contribution is 2.29. The molecule has 0 radical (unpaired) electrons. The predicted molar refractivity (Wildman–Crippen MR) is 108 cm³/mol. The maximum Gasteiger partial charge on any atom is 0.322 e. The standard InChI is InChI=1S/C21H27N3O3/c1-15-11-16(2)13-17(12-15)23-7-9-24(10-8-23)21(25)22-19-14-18(26-3)5-6-20(19)27-4/h5-6,11-14H,7-10H2,1-4H3,(H,22,25). The molecule has 0 bridgehead atoms. The van der Waals surface area contributed by atoms with Crippen LogP contribution in [0.4, 0.5) is 16.2 Å². The Morgan fingerprint density at radius 1 is 0.926 bits per heavy atom. The summed E-state index contributed by atoms with van der Waals surface area (Å²) in [5, 5.41) is 2.94. The van der Waals surface area contributed by atoms with E-state index in [1.807, 2.05) is 4.90 Å². The minimum atomic E-state index is -0.123. The molecule has 0 aliphatic carbocycles. The van der Waals surface area contributed by atoms with Gasteiger partial charge >= 0.3 is 6.03 Å². The van der Waals surface area contributed by atoms with Crippen molar-refractivity contribution in [2.24, 2.45) is 0 Å². The monoisotopic (exact) mass is 369 g/mol. The number of urea groups is 1. The molecule has 144 valence electrons. The fourth-order valence-electron chi connectivity index (χ4n) is 3.41. The topological polar surface area (TPSA) is 54.0 Å². The molecule has 0 atom stereocenters. The second-order valence-electron chi connectivity index (χ2n) is 6.82. The zero-order valence-electron chi connectivity index (χ0n) is 16.4. The number of aryl methyl sites for hydroxylation is 2. The van der Waals surface area contributed by atoms with Crippen molar-refractivity contribution in [3.63, 3.8) is 0 Å². The van der Waals surface area contributed by atoms with E-state index in [9.17, 15) is 4.79 Å². The van der Waals surface area contributed by atoms with Crippen molar-refractivity contribution < 1.29 is 14.3 Å². The third-order valence-corrected chi connectivity index (χ3v) is 4.79. The molecule has 0 unspecified atom stereocenters. The number of nitrogens with zero attached hydrogens (tertiary/aromatic N) is 2. The first kappa shape index (κ1) is 18.9. The predicted octanol–water partition coefficient (Wildman–Crippen LogP) is 3.67. The summed E-state index contributed by atoms with van der Waals surface area (Å²) in [6.45, 7) is 7.19. The van der Waals surface area contributed by atoms with E-state index < -0.39 is 0 Å². The lowest BCUT2D eigenvalue weighted by Gasteiger charge is -2.36. The molecule has 0 aromatic heterocycles. The first-order chi connectivity index (χ1) is 13.0. The average Bonchev–Trinajstić information content (AvgIpc) is 2.67. The van der Waals surface area contributed by atoms with E-state index in [2.05, 4.69) is 42.3 Å². The summed E-state index contributed by atoms with van der Waals surface area (Å²) in [5.74, 6) is 1.28. The van der Waals surface area contributed by atoms with Crippen molar-refractivity contribution in [1.82, 2.24) is 4.90 Å². The van der Waals surface area contributed by atoms with E-state index in [4.69, 9.17) is 9.47 Å². The number of ether oxygens (including phenoxy) is 2. The van der Waals surface area contributed by atoms with E-state index in [1.54, 1.807) is 32.4 Å². The van der Waals surface area contributed by atoms with Crippen molar-refractivity contribution in [2.45, 2.75) is 13.8 Å². The molecule has 0 spiro atoms. The van der Waals surface area contributed by atoms with Gasteiger partial charge < -0.3 is 24.6 Å². The average molecular weight is 369 g/mol. The number of carbonyl (C=O) groups excluding carboxylic acids is 1. The Balaban J connectivity index is 1.63. The number of hydrogen-bond acceptors (Lipinski definition) is 4. The van der Waals surface area contributed by atoms with Gasteiger partial charge in [0, 0.05) is 37.9 Å². The lowest BCUT2D eigenvalue weighted by atomic mass is 10.1. The molecule has 2 aromatic rings. The van der Waals surface area contributed by atoms with Crippen LogP contribution in [0.3, 0.4) is 0 Å². The summed E-state index contributed by atoms with van der Waals surface area (Å²) >= 11 is 0. The Morgan fingerprint density at radius 2 is 1.59 bits per heavy atom. The normalized spacial score (nSPS) is 14.1. The second kappa shape index (κ2) is 8.20. The van der Waals surface area contributed by atoms with Crippen LogP contribution in [0, 0.1) is 13.8 Å². The van der Waals surface area contributed by atoms with Gasteiger partial charge in [-0.3, -0.25) is 0 Å². The Bertz CT molecular complexity index is 794. The SMILES string of the molecule is COc1ccc(OC)c(NC(=O)N2CCN(c3cc(C)cc(C)c3)CC2)c1. The number of piperazine rings is 1. The minimum absolute atomic E-state index is 0.123. The van der Waals surface area contributed by atoms with E-state index >= 15 is 0 Å². The highest BCUT2D eigenvalue weighted by molar-refractivity contribution is 5.91. The Hall–Kier alpha value is -2.89. The van der Waals surface area contributed by atoms with Crippen molar-refractivity contribution in [3.8, 4) is 11.5 Å². The van der Waals surface area contributed by atoms with Crippen LogP contribution < -0.4 is 19.7 Å². The van der Waals surface area contributed by atoms with Crippen molar-refractivity contribution in [2.75, 3.05) is 50.6 Å². The number of benzene rings is 2. The second-order valence-corrected chi connectivity index (χ2v) is 6.82. The van der Waals surface area contributed by atoms with Crippen LogP contribution in [0.25, 0.3) is 0 Å². The van der Waals surface area contributed by atoms with Crippen molar-refractivity contribution in [3.05, 3.63) is 47.5 Å². The summed E-state index contributed by atoms with van der Waals surface area (Å²) in [7, 11) is 3.18. The summed E-state index contributed by atoms with van der Waals surface area (Å²) in [6, 6.07) is 11.8. The van der Waals surface area contributed by atoms with E-state index in [-0.39, 0.29) is 6.03 Å². The molecule has 1 saturated heterocycles. The van der Waals surface area contributed by atoms with Gasteiger partial charge in [-0.2, -0.15) is 0 Å². The van der Waals surface area contributed by atoms with Crippen molar-refractivity contribution in [1.29, 1.82) is 0 Å². The lowest BCUT2D eigenvalue weighted by molar-refractivity contribution is 0.208. The largest absolute Gasteiger partial charge is 0.497 e. The Kier molecular flexibility index (Phi) is 5.74. The van der Waals surface area contributed by atoms with E-state index in [1.165, 1.54) is 16.8 Å². The van der Waals surface area contributed by atoms with Gasteiger partial charge in [0.2, 0.25) is 0 Å². The number of amides is 2. The lowest BCUT2D eigenvalue weighted by Crippen LogP contribution is -2.50. The van der Waals surface area contributed by atoms with Crippen LogP contribution in [0.1, 0.15) is 11.1 Å². The molecule has 1 aliphatic heterocycles. The molecule has 1 aliphatic rings. The molecule has 6 heteroatoms. The van der Waals surface area contributed by atoms with Crippen LogP contribution in [-0.4, -0.2) is 51.3 Å². The summed E-state index contributed by atoms with van der Waals surface area (Å²) in [4.78, 5) is 16.8. The molecular formula is C21H27N3O3. The first-order valence-electron chi connectivity index (χ1n) is 9.11. The molecule has 1 fully saturated rings. The molecule has 2 amide bonds. The van der Waals surface area contributed by atoms with Crippen LogP contribution in [0.2, 0.25) is 0 Å². The van der Waals surface area contributed by atoms with Gasteiger partial charge in [0.05, 0.1) is 19.9 Å². The van der Waals surface area contributed by atoms with Gasteiger partial charge in [0.1, 0.15) is 11.5 Å². The van der Waals surface area contributed by atoms with E-state index in [0.717, 1.165) is 13.1 Å². The summed E-state index contributed by atoms with van der Waals surface area (Å²) in [6.07, 6.45) is 0. The number of anilines is 2. The molecule has 6 nitrogen and oxygen atoms in total. The van der Waals surface area contributed by atoms with Crippen LogP contribution in [-0.2, 0) is 0 Å². The number of nitrogens with one attached hydrogen (secondary N) is 1. The molecule has 1 heterocycles. The fourth-order valence-corrected chi connectivity index (χ4v) is 3.41.